The van der Waals surface area contributed by atoms with E-state index in [-0.39, 0.29) is 0 Å². The fraction of sp³-hybridized carbons (Fsp3) is 0.455. The van der Waals surface area contributed by atoms with E-state index >= 15 is 0 Å². The lowest BCUT2D eigenvalue weighted by atomic mass is 10.0. The first-order valence-corrected chi connectivity index (χ1v) is 4.73. The molecule has 1 aromatic rings. The van der Waals surface area contributed by atoms with Gasteiger partial charge in [0.25, 0.3) is 0 Å². The van der Waals surface area contributed by atoms with Crippen LogP contribution >= 0.6 is 0 Å². The molecule has 0 bridgehead atoms. The molecule has 0 radical (unpaired) electrons. The minimum Gasteiger partial charge on any atom is -0.496 e. The van der Waals surface area contributed by atoms with Gasteiger partial charge < -0.3 is 14.2 Å². The average Bonchev–Trinajstić information content (AvgIpc) is 2.27. The normalized spacial score (nSPS) is 14.1. The molecule has 76 valence electrons. The Kier molecular flexibility index (Phi) is 2.48. The van der Waals surface area contributed by atoms with Gasteiger partial charge in [0, 0.05) is 17.7 Å². The van der Waals surface area contributed by atoms with Crippen molar-refractivity contribution in [1.29, 1.82) is 0 Å². The highest BCUT2D eigenvalue weighted by Crippen LogP contribution is 2.36. The van der Waals surface area contributed by atoms with E-state index in [4.69, 9.17) is 14.2 Å². The highest BCUT2D eigenvalue weighted by atomic mass is 16.5. The molecule has 0 N–H and O–H groups in total. The van der Waals surface area contributed by atoms with Crippen molar-refractivity contribution < 1.29 is 14.2 Å². The molecule has 1 aromatic carbocycles. The third-order valence-corrected chi connectivity index (χ3v) is 2.43. The summed E-state index contributed by atoms with van der Waals surface area (Å²) in [6.45, 7) is 0.781. The standard InChI is InChI=1S/C11H14O3/c1-12-8-6-10(13-2)9-4-3-5-14-11(9)7-8/h6-7H,3-5H2,1-2H3. The van der Waals surface area contributed by atoms with Crippen LogP contribution in [0.3, 0.4) is 0 Å². The molecule has 0 saturated carbocycles. The second-order valence-electron chi connectivity index (χ2n) is 3.26. The number of methoxy groups -OCH3 is 2. The summed E-state index contributed by atoms with van der Waals surface area (Å²) in [6.07, 6.45) is 2.07. The molecular weight excluding hydrogens is 180 g/mol. The maximum Gasteiger partial charge on any atom is 0.129 e. The van der Waals surface area contributed by atoms with E-state index in [1.165, 1.54) is 0 Å². The van der Waals surface area contributed by atoms with Crippen molar-refractivity contribution in [1.82, 2.24) is 0 Å². The largest absolute Gasteiger partial charge is 0.496 e. The van der Waals surface area contributed by atoms with E-state index in [9.17, 15) is 0 Å². The maximum atomic E-state index is 5.55. The molecule has 2 rings (SSSR count). The minimum absolute atomic E-state index is 0.780. The summed E-state index contributed by atoms with van der Waals surface area (Å²) in [5.41, 5.74) is 1.15. The predicted octanol–water partition coefficient (Wildman–Crippen LogP) is 2.03. The van der Waals surface area contributed by atoms with Gasteiger partial charge in [0.1, 0.15) is 17.2 Å². The smallest absolute Gasteiger partial charge is 0.129 e. The average molecular weight is 194 g/mol. The molecule has 0 saturated heterocycles. The molecule has 0 fully saturated rings. The third-order valence-electron chi connectivity index (χ3n) is 2.43. The van der Waals surface area contributed by atoms with Crippen LogP contribution in [0.25, 0.3) is 0 Å². The summed E-state index contributed by atoms with van der Waals surface area (Å²) in [6, 6.07) is 3.81. The van der Waals surface area contributed by atoms with Crippen molar-refractivity contribution in [3.05, 3.63) is 17.7 Å². The third kappa shape index (κ3) is 1.50. The zero-order chi connectivity index (χ0) is 9.97. The van der Waals surface area contributed by atoms with Gasteiger partial charge in [-0.1, -0.05) is 0 Å². The van der Waals surface area contributed by atoms with E-state index in [1.54, 1.807) is 14.2 Å². The number of hydrogen-bond donors (Lipinski definition) is 0. The Bertz CT molecular complexity index is 316. The molecule has 1 heterocycles. The summed E-state index contributed by atoms with van der Waals surface area (Å²) in [5.74, 6) is 2.54. The van der Waals surface area contributed by atoms with Crippen molar-refractivity contribution in [2.75, 3.05) is 20.8 Å². The SMILES string of the molecule is COc1cc(OC)c2c(c1)OCCC2. The first-order chi connectivity index (χ1) is 6.85. The molecular formula is C11H14O3. The van der Waals surface area contributed by atoms with E-state index in [0.717, 1.165) is 42.3 Å². The lowest BCUT2D eigenvalue weighted by Gasteiger charge is -2.20. The first kappa shape index (κ1) is 9.19. The zero-order valence-corrected chi connectivity index (χ0v) is 8.50. The van der Waals surface area contributed by atoms with Crippen molar-refractivity contribution in [2.24, 2.45) is 0 Å². The lowest BCUT2D eigenvalue weighted by molar-refractivity contribution is 0.279. The van der Waals surface area contributed by atoms with Crippen LogP contribution in [0, 0.1) is 0 Å². The molecule has 3 heteroatoms. The van der Waals surface area contributed by atoms with Crippen LogP contribution in [-0.4, -0.2) is 20.8 Å². The van der Waals surface area contributed by atoms with Crippen LogP contribution in [0.4, 0.5) is 0 Å². The molecule has 0 unspecified atom stereocenters. The van der Waals surface area contributed by atoms with Gasteiger partial charge in [0.05, 0.1) is 20.8 Å². The van der Waals surface area contributed by atoms with Crippen LogP contribution < -0.4 is 14.2 Å². The second-order valence-corrected chi connectivity index (χ2v) is 3.26. The van der Waals surface area contributed by atoms with Crippen LogP contribution in [0.1, 0.15) is 12.0 Å². The lowest BCUT2D eigenvalue weighted by Crippen LogP contribution is -2.09. The molecule has 3 nitrogen and oxygen atoms in total. The van der Waals surface area contributed by atoms with Crippen LogP contribution in [0.5, 0.6) is 17.2 Å². The van der Waals surface area contributed by atoms with E-state index in [2.05, 4.69) is 0 Å². The highest BCUT2D eigenvalue weighted by molar-refractivity contribution is 5.51. The molecule has 0 aliphatic carbocycles. The van der Waals surface area contributed by atoms with Crippen molar-refractivity contribution in [3.8, 4) is 17.2 Å². The number of hydrogen-bond acceptors (Lipinski definition) is 3. The highest BCUT2D eigenvalue weighted by Gasteiger charge is 2.16. The predicted molar refractivity (Wildman–Crippen MR) is 53.4 cm³/mol. The molecule has 1 aliphatic rings. The minimum atomic E-state index is 0.780. The number of rotatable bonds is 2. The fourth-order valence-corrected chi connectivity index (χ4v) is 1.70. The second kappa shape index (κ2) is 3.78. The fourth-order valence-electron chi connectivity index (χ4n) is 1.70. The number of fused-ring (bicyclic) bond motifs is 1. The van der Waals surface area contributed by atoms with Gasteiger partial charge in [-0.3, -0.25) is 0 Å². The molecule has 14 heavy (non-hydrogen) atoms. The Morgan fingerprint density at radius 3 is 2.79 bits per heavy atom. The quantitative estimate of drug-likeness (QED) is 0.721. The molecule has 0 aromatic heterocycles. The van der Waals surface area contributed by atoms with Crippen LogP contribution in [0.2, 0.25) is 0 Å². The van der Waals surface area contributed by atoms with Crippen LogP contribution in [0.15, 0.2) is 12.1 Å². The van der Waals surface area contributed by atoms with Crippen molar-refractivity contribution >= 4 is 0 Å². The zero-order valence-electron chi connectivity index (χ0n) is 8.50. The number of benzene rings is 1. The molecule has 1 aliphatic heterocycles. The van der Waals surface area contributed by atoms with Gasteiger partial charge in [-0.15, -0.1) is 0 Å². The summed E-state index contributed by atoms with van der Waals surface area (Å²) in [5, 5.41) is 0. The Morgan fingerprint density at radius 1 is 1.21 bits per heavy atom. The van der Waals surface area contributed by atoms with E-state index < -0.39 is 0 Å². The van der Waals surface area contributed by atoms with Gasteiger partial charge in [-0.25, -0.2) is 0 Å². The molecule has 0 amide bonds. The Labute approximate surface area is 83.6 Å². The Balaban J connectivity index is 2.47. The van der Waals surface area contributed by atoms with E-state index in [0.29, 0.717) is 0 Å². The molecule has 0 atom stereocenters. The maximum absolute atomic E-state index is 5.55. The van der Waals surface area contributed by atoms with Gasteiger partial charge in [-0.2, -0.15) is 0 Å². The van der Waals surface area contributed by atoms with Crippen molar-refractivity contribution in [3.63, 3.8) is 0 Å². The topological polar surface area (TPSA) is 27.7 Å². The monoisotopic (exact) mass is 194 g/mol. The summed E-state index contributed by atoms with van der Waals surface area (Å²) >= 11 is 0. The van der Waals surface area contributed by atoms with Crippen LogP contribution in [-0.2, 0) is 6.42 Å². The van der Waals surface area contributed by atoms with E-state index in [1.807, 2.05) is 12.1 Å². The van der Waals surface area contributed by atoms with Gasteiger partial charge in [-0.05, 0) is 12.8 Å². The summed E-state index contributed by atoms with van der Waals surface area (Å²) in [7, 11) is 3.31. The first-order valence-electron chi connectivity index (χ1n) is 4.73. The Hall–Kier alpha value is -1.38. The molecule has 0 spiro atoms. The summed E-state index contributed by atoms with van der Waals surface area (Å²) in [4.78, 5) is 0. The van der Waals surface area contributed by atoms with Gasteiger partial charge >= 0.3 is 0 Å². The summed E-state index contributed by atoms with van der Waals surface area (Å²) < 4.78 is 16.0. The van der Waals surface area contributed by atoms with Crippen molar-refractivity contribution in [2.45, 2.75) is 12.8 Å². The van der Waals surface area contributed by atoms with Gasteiger partial charge in [0.2, 0.25) is 0 Å². The number of ether oxygens (including phenoxy) is 3. The Morgan fingerprint density at radius 2 is 2.07 bits per heavy atom. The van der Waals surface area contributed by atoms with Gasteiger partial charge in [0.15, 0.2) is 0 Å².